The Labute approximate surface area is 301 Å². The molecule has 3 aromatic heterocycles. The molecule has 0 fully saturated rings. The van der Waals surface area contributed by atoms with Gasteiger partial charge in [-0.05, 0) is 101 Å². The molecule has 3 heterocycles. The molecule has 0 N–H and O–H groups in total. The Balaban J connectivity index is 1.21. The van der Waals surface area contributed by atoms with Crippen LogP contribution in [0.25, 0.3) is 96.8 Å². The second kappa shape index (κ2) is 12.1. The molecule has 10 rings (SSSR count). The zero-order valence-electron chi connectivity index (χ0n) is 27.0. The minimum Gasteiger partial charge on any atom is -0.208 e. The van der Waals surface area contributed by atoms with Gasteiger partial charge in [0, 0.05) is 57.0 Å². The highest BCUT2D eigenvalue weighted by atomic mass is 32.1. The normalized spacial score (nSPS) is 11.6. The van der Waals surface area contributed by atoms with Crippen LogP contribution in [0.1, 0.15) is 0 Å². The van der Waals surface area contributed by atoms with Crippen LogP contribution >= 0.6 is 22.7 Å². The summed E-state index contributed by atoms with van der Waals surface area (Å²) in [6.45, 7) is 0. The van der Waals surface area contributed by atoms with E-state index < -0.39 is 0 Å². The van der Waals surface area contributed by atoms with Crippen molar-refractivity contribution in [3.8, 4) is 56.4 Å². The number of aromatic nitrogens is 3. The van der Waals surface area contributed by atoms with E-state index in [1.54, 1.807) is 12.1 Å². The summed E-state index contributed by atoms with van der Waals surface area (Å²) >= 11 is 3.64. The maximum Gasteiger partial charge on any atom is 0.164 e. The fourth-order valence-electron chi connectivity index (χ4n) is 6.85. The van der Waals surface area contributed by atoms with Gasteiger partial charge in [0.2, 0.25) is 0 Å². The van der Waals surface area contributed by atoms with Crippen molar-refractivity contribution in [2.45, 2.75) is 0 Å². The second-order valence-electron chi connectivity index (χ2n) is 12.6. The van der Waals surface area contributed by atoms with E-state index in [4.69, 9.17) is 15.0 Å². The van der Waals surface area contributed by atoms with E-state index in [2.05, 4.69) is 103 Å². The third-order valence-corrected chi connectivity index (χ3v) is 11.7. The number of benzene rings is 7. The molecule has 51 heavy (non-hydrogen) atoms. The Morgan fingerprint density at radius 3 is 1.27 bits per heavy atom. The molecule has 0 bridgehead atoms. The molecule has 0 amide bonds. The summed E-state index contributed by atoms with van der Waals surface area (Å²) in [5.74, 6) is 1.29. The van der Waals surface area contributed by atoms with Gasteiger partial charge in [-0.2, -0.15) is 0 Å². The zero-order valence-corrected chi connectivity index (χ0v) is 28.7. The Bertz CT molecular complexity index is 2800. The van der Waals surface area contributed by atoms with Crippen LogP contribution in [0.4, 0.5) is 4.39 Å². The topological polar surface area (TPSA) is 38.7 Å². The van der Waals surface area contributed by atoms with Gasteiger partial charge >= 0.3 is 0 Å². The lowest BCUT2D eigenvalue weighted by molar-refractivity contribution is 0.628. The van der Waals surface area contributed by atoms with Gasteiger partial charge in [-0.1, -0.05) is 78.9 Å². The molecule has 7 aromatic carbocycles. The minimum absolute atomic E-state index is 0.306. The maximum absolute atomic E-state index is 14.0. The van der Waals surface area contributed by atoms with Crippen molar-refractivity contribution in [2.75, 3.05) is 0 Å². The monoisotopic (exact) mass is 691 g/mol. The minimum atomic E-state index is -0.306. The van der Waals surface area contributed by atoms with E-state index in [-0.39, 0.29) is 5.82 Å². The summed E-state index contributed by atoms with van der Waals surface area (Å²) in [5.41, 5.74) is 6.85. The lowest BCUT2D eigenvalue weighted by Crippen LogP contribution is -2.00. The predicted octanol–water partition coefficient (Wildman–Crippen LogP) is 13.1. The number of hydrogen-bond acceptors (Lipinski definition) is 5. The Hall–Kier alpha value is -6.08. The van der Waals surface area contributed by atoms with Gasteiger partial charge in [-0.3, -0.25) is 0 Å². The van der Waals surface area contributed by atoms with Crippen molar-refractivity contribution in [3.05, 3.63) is 164 Å². The van der Waals surface area contributed by atoms with Gasteiger partial charge in [0.25, 0.3) is 0 Å². The summed E-state index contributed by atoms with van der Waals surface area (Å²) in [6.07, 6.45) is 0. The first kappa shape index (κ1) is 29.8. The number of fused-ring (bicyclic) bond motifs is 6. The summed E-state index contributed by atoms with van der Waals surface area (Å²) in [4.78, 5) is 14.9. The molecule has 3 nitrogen and oxygen atoms in total. The average Bonchev–Trinajstić information content (AvgIpc) is 3.76. The fourth-order valence-corrected chi connectivity index (χ4v) is 9.02. The smallest absolute Gasteiger partial charge is 0.164 e. The fraction of sp³-hybridized carbons (Fsp3) is 0. The van der Waals surface area contributed by atoms with Crippen LogP contribution in [0.5, 0.6) is 0 Å². The number of thiophene rings is 2. The molecule has 240 valence electrons. The summed E-state index contributed by atoms with van der Waals surface area (Å²) in [5, 5.41) is 5.02. The largest absolute Gasteiger partial charge is 0.208 e. The number of nitrogens with zero attached hydrogens (tertiary/aromatic N) is 3. The van der Waals surface area contributed by atoms with Gasteiger partial charge in [-0.25, -0.2) is 19.3 Å². The van der Waals surface area contributed by atoms with Crippen LogP contribution < -0.4 is 0 Å². The second-order valence-corrected chi connectivity index (χ2v) is 14.8. The van der Waals surface area contributed by atoms with Crippen molar-refractivity contribution < 1.29 is 4.39 Å². The van der Waals surface area contributed by atoms with Gasteiger partial charge in [0.05, 0.1) is 0 Å². The average molecular weight is 692 g/mol. The van der Waals surface area contributed by atoms with E-state index in [0.29, 0.717) is 17.5 Å². The number of hydrogen-bond donors (Lipinski definition) is 0. The van der Waals surface area contributed by atoms with Crippen molar-refractivity contribution in [1.82, 2.24) is 15.0 Å². The maximum atomic E-state index is 14.0. The molecule has 0 spiro atoms. The number of halogens is 1. The van der Waals surface area contributed by atoms with Crippen molar-refractivity contribution in [2.24, 2.45) is 0 Å². The molecular formula is C45H26FN3S2. The first-order chi connectivity index (χ1) is 25.1. The van der Waals surface area contributed by atoms with E-state index in [0.717, 1.165) is 38.9 Å². The van der Waals surface area contributed by atoms with Gasteiger partial charge in [-0.15, -0.1) is 22.7 Å². The van der Waals surface area contributed by atoms with Gasteiger partial charge in [0.1, 0.15) is 5.82 Å². The van der Waals surface area contributed by atoms with E-state index in [1.165, 1.54) is 52.5 Å². The van der Waals surface area contributed by atoms with Crippen LogP contribution in [-0.4, -0.2) is 15.0 Å². The Kier molecular flexibility index (Phi) is 7.05. The molecule has 0 aliphatic heterocycles. The van der Waals surface area contributed by atoms with Crippen LogP contribution in [0.3, 0.4) is 0 Å². The standard InChI is InChI=1S/C45H26FN3S2/c46-34-18-14-28(15-19-34)44-47-43(27-8-2-1-3-9-27)48-45(49-44)33-23-31(29-16-20-41-37(25-29)35-10-4-6-12-39(35)50-41)22-32(24-33)30-17-21-42-38(26-30)36-11-5-7-13-40(36)51-42/h1-26H. The number of rotatable bonds is 5. The van der Waals surface area contributed by atoms with Gasteiger partial charge in [0.15, 0.2) is 17.5 Å². The van der Waals surface area contributed by atoms with E-state index in [9.17, 15) is 4.39 Å². The molecule has 6 heteroatoms. The van der Waals surface area contributed by atoms with Crippen molar-refractivity contribution in [3.63, 3.8) is 0 Å². The lowest BCUT2D eigenvalue weighted by atomic mass is 9.94. The third kappa shape index (κ3) is 5.37. The molecule has 0 atom stereocenters. The molecule has 0 aliphatic carbocycles. The lowest BCUT2D eigenvalue weighted by Gasteiger charge is -2.13. The highest BCUT2D eigenvalue weighted by molar-refractivity contribution is 7.26. The molecule has 10 aromatic rings. The SMILES string of the molecule is Fc1ccc(-c2nc(-c3ccccc3)nc(-c3cc(-c4ccc5sc6ccccc6c5c4)cc(-c4ccc5sc6ccccc6c5c4)c3)n2)cc1. The molecule has 0 saturated carbocycles. The molecule has 0 radical (unpaired) electrons. The molecular weight excluding hydrogens is 666 g/mol. The van der Waals surface area contributed by atoms with E-state index in [1.807, 2.05) is 53.0 Å². The van der Waals surface area contributed by atoms with Crippen molar-refractivity contribution >= 4 is 63.0 Å². The van der Waals surface area contributed by atoms with Crippen LogP contribution in [0.2, 0.25) is 0 Å². The first-order valence-electron chi connectivity index (χ1n) is 16.7. The summed E-state index contributed by atoms with van der Waals surface area (Å²) in [6, 6.07) is 53.5. The van der Waals surface area contributed by atoms with E-state index >= 15 is 0 Å². The van der Waals surface area contributed by atoms with Crippen LogP contribution in [0.15, 0.2) is 158 Å². The van der Waals surface area contributed by atoms with Gasteiger partial charge < -0.3 is 0 Å². The van der Waals surface area contributed by atoms with Crippen molar-refractivity contribution in [1.29, 1.82) is 0 Å². The van der Waals surface area contributed by atoms with Crippen LogP contribution in [-0.2, 0) is 0 Å². The predicted molar refractivity (Wildman–Crippen MR) is 213 cm³/mol. The Morgan fingerprint density at radius 1 is 0.314 bits per heavy atom. The Morgan fingerprint density at radius 2 is 0.725 bits per heavy atom. The molecule has 0 saturated heterocycles. The molecule has 0 aliphatic rings. The summed E-state index contributed by atoms with van der Waals surface area (Å²) in [7, 11) is 0. The van der Waals surface area contributed by atoms with Crippen LogP contribution in [0, 0.1) is 5.82 Å². The molecule has 0 unspecified atom stereocenters. The summed E-state index contributed by atoms with van der Waals surface area (Å²) < 4.78 is 19.1. The first-order valence-corrected chi connectivity index (χ1v) is 18.3. The third-order valence-electron chi connectivity index (χ3n) is 9.38. The highest BCUT2D eigenvalue weighted by Crippen LogP contribution is 2.40. The highest BCUT2D eigenvalue weighted by Gasteiger charge is 2.16. The zero-order chi connectivity index (χ0) is 33.9. The quantitative estimate of drug-likeness (QED) is 0.180.